The average Bonchev–Trinajstić information content (AvgIpc) is 2.29. The van der Waals surface area contributed by atoms with Gasteiger partial charge in [-0.1, -0.05) is 56.5 Å². The van der Waals surface area contributed by atoms with Crippen LogP contribution < -0.4 is 0 Å². The fourth-order valence-corrected chi connectivity index (χ4v) is 2.24. The van der Waals surface area contributed by atoms with E-state index < -0.39 is 6.10 Å². The highest BCUT2D eigenvalue weighted by Gasteiger charge is 2.16. The fourth-order valence-electron chi connectivity index (χ4n) is 1.99. The van der Waals surface area contributed by atoms with Crippen molar-refractivity contribution in [1.29, 1.82) is 0 Å². The van der Waals surface area contributed by atoms with Crippen molar-refractivity contribution in [2.24, 2.45) is 5.92 Å². The molecule has 1 unspecified atom stereocenters. The van der Waals surface area contributed by atoms with Gasteiger partial charge in [0.1, 0.15) is 0 Å². The van der Waals surface area contributed by atoms with E-state index in [9.17, 15) is 5.11 Å². The number of benzene rings is 1. The third-order valence-corrected chi connectivity index (χ3v) is 3.81. The number of aliphatic hydroxyl groups excluding tert-OH is 1. The van der Waals surface area contributed by atoms with E-state index >= 15 is 0 Å². The Bertz CT molecular complexity index is 332. The molecule has 0 bridgehead atoms. The molecule has 0 aromatic heterocycles. The zero-order chi connectivity index (χ0) is 12.1. The summed E-state index contributed by atoms with van der Waals surface area (Å²) < 4.78 is 0. The molecule has 90 valence electrons. The van der Waals surface area contributed by atoms with Gasteiger partial charge in [0.2, 0.25) is 0 Å². The molecule has 2 heteroatoms. The summed E-state index contributed by atoms with van der Waals surface area (Å²) in [5, 5.41) is 10.9. The Kier molecular flexibility index (Phi) is 5.30. The van der Waals surface area contributed by atoms with Crippen molar-refractivity contribution < 1.29 is 5.11 Å². The van der Waals surface area contributed by atoms with E-state index in [4.69, 9.17) is 11.6 Å². The van der Waals surface area contributed by atoms with Crippen molar-refractivity contribution in [2.75, 3.05) is 0 Å². The van der Waals surface area contributed by atoms with Crippen LogP contribution in [0.25, 0.3) is 0 Å². The van der Waals surface area contributed by atoms with Crippen LogP contribution in [0.2, 0.25) is 5.02 Å². The molecule has 1 aromatic rings. The Morgan fingerprint density at radius 2 is 1.88 bits per heavy atom. The normalized spacial score (nSPS) is 13.1. The van der Waals surface area contributed by atoms with E-state index in [0.717, 1.165) is 30.4 Å². The zero-order valence-electron chi connectivity index (χ0n) is 10.3. The summed E-state index contributed by atoms with van der Waals surface area (Å²) in [4.78, 5) is 0. The van der Waals surface area contributed by atoms with Crippen LogP contribution in [0.1, 0.15) is 50.3 Å². The monoisotopic (exact) mass is 240 g/mol. The zero-order valence-corrected chi connectivity index (χ0v) is 11.1. The number of hydrogen-bond donors (Lipinski definition) is 1. The summed E-state index contributed by atoms with van der Waals surface area (Å²) in [6.45, 7) is 6.30. The van der Waals surface area contributed by atoms with Crippen molar-refractivity contribution in [3.05, 3.63) is 34.3 Å². The van der Waals surface area contributed by atoms with E-state index in [1.807, 2.05) is 25.1 Å². The third kappa shape index (κ3) is 3.23. The molecular formula is C14H21ClO. The molecule has 0 amide bonds. The molecule has 1 rings (SSSR count). The number of halogens is 1. The lowest BCUT2D eigenvalue weighted by Gasteiger charge is -2.19. The van der Waals surface area contributed by atoms with Gasteiger partial charge in [-0.25, -0.2) is 0 Å². The smallest absolute Gasteiger partial charge is 0.0807 e. The van der Waals surface area contributed by atoms with Gasteiger partial charge in [-0.2, -0.15) is 0 Å². The highest BCUT2D eigenvalue weighted by Crippen LogP contribution is 2.31. The lowest BCUT2D eigenvalue weighted by atomic mass is 9.92. The summed E-state index contributed by atoms with van der Waals surface area (Å²) in [6, 6.07) is 5.84. The molecule has 0 aliphatic carbocycles. The number of aliphatic hydroxyl groups is 1. The van der Waals surface area contributed by atoms with Crippen molar-refractivity contribution in [1.82, 2.24) is 0 Å². The van der Waals surface area contributed by atoms with Crippen LogP contribution in [0.4, 0.5) is 0 Å². The molecule has 1 atom stereocenters. The molecule has 0 aliphatic rings. The lowest BCUT2D eigenvalue weighted by molar-refractivity contribution is 0.141. The standard InChI is InChI=1S/C14H21ClO/c1-4-11(5-2)9-13(16)12-8-6-7-10(3)14(12)15/h6-8,11,13,16H,4-5,9H2,1-3H3. The van der Waals surface area contributed by atoms with Crippen LogP contribution in [-0.2, 0) is 0 Å². The van der Waals surface area contributed by atoms with Crippen LogP contribution >= 0.6 is 11.6 Å². The minimum Gasteiger partial charge on any atom is -0.388 e. The number of rotatable bonds is 5. The molecule has 0 aliphatic heterocycles. The van der Waals surface area contributed by atoms with Gasteiger partial charge in [-0.15, -0.1) is 0 Å². The molecular weight excluding hydrogens is 220 g/mol. The molecule has 0 saturated heterocycles. The maximum absolute atomic E-state index is 10.2. The first kappa shape index (κ1) is 13.5. The van der Waals surface area contributed by atoms with Crippen LogP contribution in [0.3, 0.4) is 0 Å². The molecule has 0 saturated carbocycles. The van der Waals surface area contributed by atoms with Gasteiger partial charge in [-0.05, 0) is 30.4 Å². The van der Waals surface area contributed by atoms with E-state index in [1.54, 1.807) is 0 Å². The predicted octanol–water partition coefficient (Wildman–Crippen LogP) is 4.51. The second-order valence-electron chi connectivity index (χ2n) is 4.41. The first-order valence-electron chi connectivity index (χ1n) is 6.03. The second-order valence-corrected chi connectivity index (χ2v) is 4.79. The predicted molar refractivity (Wildman–Crippen MR) is 69.8 cm³/mol. The SMILES string of the molecule is CCC(CC)CC(O)c1cccc(C)c1Cl. The summed E-state index contributed by atoms with van der Waals surface area (Å²) in [6.07, 6.45) is 2.58. The first-order chi connectivity index (χ1) is 7.60. The van der Waals surface area contributed by atoms with E-state index in [1.165, 1.54) is 0 Å². The number of aryl methyl sites for hydroxylation is 1. The van der Waals surface area contributed by atoms with Gasteiger partial charge >= 0.3 is 0 Å². The highest BCUT2D eigenvalue weighted by molar-refractivity contribution is 6.32. The first-order valence-corrected chi connectivity index (χ1v) is 6.41. The summed E-state index contributed by atoms with van der Waals surface area (Å²) >= 11 is 6.20. The Labute approximate surface area is 103 Å². The minimum absolute atomic E-state index is 0.433. The molecule has 0 spiro atoms. The van der Waals surface area contributed by atoms with Gasteiger partial charge < -0.3 is 5.11 Å². The van der Waals surface area contributed by atoms with E-state index in [-0.39, 0.29) is 0 Å². The second kappa shape index (κ2) is 6.27. The minimum atomic E-state index is -0.433. The Balaban J connectivity index is 2.80. The van der Waals surface area contributed by atoms with Crippen LogP contribution in [-0.4, -0.2) is 5.11 Å². The summed E-state index contributed by atoms with van der Waals surface area (Å²) in [5.41, 5.74) is 1.90. The third-order valence-electron chi connectivity index (χ3n) is 3.29. The van der Waals surface area contributed by atoms with E-state index in [0.29, 0.717) is 10.9 Å². The van der Waals surface area contributed by atoms with Crippen molar-refractivity contribution in [3.8, 4) is 0 Å². The Morgan fingerprint density at radius 3 is 2.44 bits per heavy atom. The maximum atomic E-state index is 10.2. The van der Waals surface area contributed by atoms with Gasteiger partial charge in [0.05, 0.1) is 6.10 Å². The molecule has 16 heavy (non-hydrogen) atoms. The largest absolute Gasteiger partial charge is 0.388 e. The van der Waals surface area contributed by atoms with Crippen molar-refractivity contribution >= 4 is 11.6 Å². The summed E-state index contributed by atoms with van der Waals surface area (Å²) in [5.74, 6) is 0.576. The molecule has 1 N–H and O–H groups in total. The van der Waals surface area contributed by atoms with E-state index in [2.05, 4.69) is 13.8 Å². The molecule has 1 nitrogen and oxygen atoms in total. The quantitative estimate of drug-likeness (QED) is 0.803. The summed E-state index contributed by atoms with van der Waals surface area (Å²) in [7, 11) is 0. The van der Waals surface area contributed by atoms with Crippen LogP contribution in [0.15, 0.2) is 18.2 Å². The van der Waals surface area contributed by atoms with Crippen LogP contribution in [0.5, 0.6) is 0 Å². The van der Waals surface area contributed by atoms with Gasteiger partial charge in [0.15, 0.2) is 0 Å². The van der Waals surface area contributed by atoms with Crippen LogP contribution in [0, 0.1) is 12.8 Å². The molecule has 0 heterocycles. The Hall–Kier alpha value is -0.530. The van der Waals surface area contributed by atoms with Crippen molar-refractivity contribution in [3.63, 3.8) is 0 Å². The number of hydrogen-bond acceptors (Lipinski definition) is 1. The maximum Gasteiger partial charge on any atom is 0.0807 e. The Morgan fingerprint density at radius 1 is 1.25 bits per heavy atom. The van der Waals surface area contributed by atoms with Gasteiger partial charge in [-0.3, -0.25) is 0 Å². The fraction of sp³-hybridized carbons (Fsp3) is 0.571. The lowest BCUT2D eigenvalue weighted by Crippen LogP contribution is -2.06. The average molecular weight is 241 g/mol. The molecule has 0 fully saturated rings. The highest BCUT2D eigenvalue weighted by atomic mass is 35.5. The molecule has 1 aromatic carbocycles. The van der Waals surface area contributed by atoms with Gasteiger partial charge in [0, 0.05) is 5.02 Å². The van der Waals surface area contributed by atoms with Crippen molar-refractivity contribution in [2.45, 2.75) is 46.1 Å². The van der Waals surface area contributed by atoms with Gasteiger partial charge in [0.25, 0.3) is 0 Å². The topological polar surface area (TPSA) is 20.2 Å². The molecule has 0 radical (unpaired) electrons.